The lowest BCUT2D eigenvalue weighted by molar-refractivity contribution is -0.137. The van der Waals surface area contributed by atoms with Gasteiger partial charge in [0, 0.05) is 35.7 Å². The van der Waals surface area contributed by atoms with Crippen molar-refractivity contribution in [3.8, 4) is 5.69 Å². The molecule has 11 heteroatoms. The number of hydrogen-bond donors (Lipinski definition) is 2. The van der Waals surface area contributed by atoms with Crippen LogP contribution in [-0.4, -0.2) is 40.5 Å². The molecule has 0 radical (unpaired) electrons. The van der Waals surface area contributed by atoms with Crippen LogP contribution in [0.15, 0.2) is 53.6 Å². The number of aryl methyl sites for hydroxylation is 1. The van der Waals surface area contributed by atoms with E-state index in [1.54, 1.807) is 28.6 Å². The highest BCUT2D eigenvalue weighted by Gasteiger charge is 2.30. The number of alkyl halides is 3. The van der Waals surface area contributed by atoms with Gasteiger partial charge in [-0.15, -0.1) is 0 Å². The Kier molecular flexibility index (Phi) is 5.07. The van der Waals surface area contributed by atoms with Gasteiger partial charge in [-0.1, -0.05) is 0 Å². The fourth-order valence-corrected chi connectivity index (χ4v) is 4.73. The van der Waals surface area contributed by atoms with Crippen LogP contribution in [0.25, 0.3) is 27.6 Å². The van der Waals surface area contributed by atoms with Crippen LogP contribution in [0, 0.1) is 0 Å². The first-order chi connectivity index (χ1) is 14.5. The quantitative estimate of drug-likeness (QED) is 0.487. The van der Waals surface area contributed by atoms with E-state index < -0.39 is 27.8 Å². The van der Waals surface area contributed by atoms with E-state index in [1.807, 2.05) is 0 Å². The molecular formula is C20H19F3N4O3S. The Labute approximate surface area is 175 Å². The van der Waals surface area contributed by atoms with E-state index in [9.17, 15) is 21.6 Å². The predicted molar refractivity (Wildman–Crippen MR) is 109 cm³/mol. The minimum atomic E-state index is -4.44. The highest BCUT2D eigenvalue weighted by atomic mass is 32.2. The number of aliphatic hydroxyl groups excluding tert-OH is 1. The Bertz CT molecular complexity index is 1370. The lowest BCUT2D eigenvalue weighted by atomic mass is 10.2. The van der Waals surface area contributed by atoms with E-state index in [2.05, 4.69) is 9.82 Å². The number of aromatic nitrogens is 3. The van der Waals surface area contributed by atoms with Gasteiger partial charge in [0.15, 0.2) is 5.65 Å². The largest absolute Gasteiger partial charge is 0.416 e. The summed E-state index contributed by atoms with van der Waals surface area (Å²) < 4.78 is 69.7. The Hall–Kier alpha value is -2.89. The van der Waals surface area contributed by atoms with E-state index in [0.717, 1.165) is 12.1 Å². The normalized spacial score (nSPS) is 13.9. The van der Waals surface area contributed by atoms with Crippen LogP contribution < -0.4 is 4.72 Å². The molecule has 4 rings (SSSR count). The summed E-state index contributed by atoms with van der Waals surface area (Å²) in [5, 5.41) is 14.8. The molecule has 164 valence electrons. The summed E-state index contributed by atoms with van der Waals surface area (Å²) in [5.74, 6) is 0. The zero-order chi connectivity index (χ0) is 22.6. The smallest absolute Gasteiger partial charge is 0.395 e. The average Bonchev–Trinajstić information content (AvgIpc) is 3.21. The van der Waals surface area contributed by atoms with Crippen LogP contribution in [0.5, 0.6) is 0 Å². The number of benzene rings is 2. The second-order valence-electron chi connectivity index (χ2n) is 7.30. The number of sulfonamides is 1. The molecule has 0 amide bonds. The van der Waals surface area contributed by atoms with Gasteiger partial charge in [-0.3, -0.25) is 9.25 Å². The van der Waals surface area contributed by atoms with Crippen LogP contribution in [0.4, 0.5) is 13.2 Å². The fraction of sp³-hybridized carbons (Fsp3) is 0.250. The van der Waals surface area contributed by atoms with Gasteiger partial charge in [0.05, 0.1) is 22.6 Å². The summed E-state index contributed by atoms with van der Waals surface area (Å²) in [6, 6.07) is 8.53. The summed E-state index contributed by atoms with van der Waals surface area (Å²) in [4.78, 5) is 0.00984. The molecule has 2 heterocycles. The highest BCUT2D eigenvalue weighted by Crippen LogP contribution is 2.34. The Morgan fingerprint density at radius 2 is 1.81 bits per heavy atom. The molecule has 0 saturated carbocycles. The number of nitrogens with one attached hydrogen (secondary N) is 1. The maximum atomic E-state index is 12.9. The van der Waals surface area contributed by atoms with Crippen molar-refractivity contribution in [3.63, 3.8) is 0 Å². The molecular weight excluding hydrogens is 433 g/mol. The van der Waals surface area contributed by atoms with E-state index in [4.69, 9.17) is 5.11 Å². The van der Waals surface area contributed by atoms with E-state index in [-0.39, 0.29) is 11.5 Å². The van der Waals surface area contributed by atoms with Crippen LogP contribution in [0.2, 0.25) is 0 Å². The van der Waals surface area contributed by atoms with Crippen molar-refractivity contribution in [1.82, 2.24) is 19.1 Å². The number of rotatable bonds is 5. The molecule has 31 heavy (non-hydrogen) atoms. The number of halogens is 3. The SMILES string of the molecule is C[C@H](CO)NS(=O)(=O)c1ccc2c(c1)c1cn(C)nc1n2-c1ccc(C(F)(F)F)cc1. The third-order valence-electron chi connectivity index (χ3n) is 4.91. The molecule has 4 aromatic rings. The zero-order valence-corrected chi connectivity index (χ0v) is 17.4. The Morgan fingerprint density at radius 1 is 1.13 bits per heavy atom. The summed E-state index contributed by atoms with van der Waals surface area (Å²) in [5.41, 5.74) is 0.798. The summed E-state index contributed by atoms with van der Waals surface area (Å²) in [7, 11) is -2.17. The van der Waals surface area contributed by atoms with Gasteiger partial charge in [0.25, 0.3) is 0 Å². The van der Waals surface area contributed by atoms with Gasteiger partial charge in [0.1, 0.15) is 0 Å². The zero-order valence-electron chi connectivity index (χ0n) is 16.6. The molecule has 0 aliphatic heterocycles. The molecule has 2 aromatic heterocycles. The lowest BCUT2D eigenvalue weighted by Crippen LogP contribution is -2.34. The Balaban J connectivity index is 1.91. The topological polar surface area (TPSA) is 89.2 Å². The first-order valence-corrected chi connectivity index (χ1v) is 10.8. The number of fused-ring (bicyclic) bond motifs is 3. The fourth-order valence-electron chi connectivity index (χ4n) is 3.47. The van der Waals surface area contributed by atoms with Crippen LogP contribution in [-0.2, 0) is 23.2 Å². The van der Waals surface area contributed by atoms with Gasteiger partial charge in [-0.05, 0) is 49.4 Å². The van der Waals surface area contributed by atoms with Crippen LogP contribution >= 0.6 is 0 Å². The molecule has 1 atom stereocenters. The van der Waals surface area contributed by atoms with Crippen molar-refractivity contribution < 1.29 is 26.7 Å². The predicted octanol–water partition coefficient (Wildman–Crippen LogP) is 3.20. The standard InChI is InChI=1S/C20H19F3N4O3S/c1-12(11-28)25-31(29,30)15-7-8-18-16(9-15)17-10-26(2)24-19(17)27(18)14-5-3-13(4-6-14)20(21,22)23/h3-10,12,25,28H,11H2,1-2H3/t12-/m1/s1. The second kappa shape index (κ2) is 7.36. The number of nitrogens with zero attached hydrogens (tertiary/aromatic N) is 3. The van der Waals surface area contributed by atoms with Crippen molar-refractivity contribution in [3.05, 3.63) is 54.2 Å². The molecule has 0 saturated heterocycles. The summed E-state index contributed by atoms with van der Waals surface area (Å²) in [6.07, 6.45) is -2.72. The minimum Gasteiger partial charge on any atom is -0.395 e. The summed E-state index contributed by atoms with van der Waals surface area (Å²) in [6.45, 7) is 1.19. The number of aliphatic hydroxyl groups is 1. The maximum Gasteiger partial charge on any atom is 0.416 e. The maximum absolute atomic E-state index is 12.9. The highest BCUT2D eigenvalue weighted by molar-refractivity contribution is 7.89. The van der Waals surface area contributed by atoms with Crippen molar-refractivity contribution in [2.75, 3.05) is 6.61 Å². The molecule has 0 spiro atoms. The van der Waals surface area contributed by atoms with Gasteiger partial charge < -0.3 is 5.11 Å². The van der Waals surface area contributed by atoms with E-state index >= 15 is 0 Å². The third kappa shape index (κ3) is 3.80. The Morgan fingerprint density at radius 3 is 2.42 bits per heavy atom. The van der Waals surface area contributed by atoms with Crippen LogP contribution in [0.3, 0.4) is 0 Å². The second-order valence-corrected chi connectivity index (χ2v) is 9.02. The molecule has 0 unspecified atom stereocenters. The van der Waals surface area contributed by atoms with E-state index in [0.29, 0.717) is 27.6 Å². The van der Waals surface area contributed by atoms with Crippen molar-refractivity contribution in [2.45, 2.75) is 24.0 Å². The molecule has 0 aliphatic carbocycles. The van der Waals surface area contributed by atoms with Gasteiger partial charge >= 0.3 is 6.18 Å². The van der Waals surface area contributed by atoms with Crippen molar-refractivity contribution in [2.24, 2.45) is 7.05 Å². The average molecular weight is 452 g/mol. The van der Waals surface area contributed by atoms with Crippen molar-refractivity contribution in [1.29, 1.82) is 0 Å². The monoisotopic (exact) mass is 452 g/mol. The first-order valence-electron chi connectivity index (χ1n) is 9.30. The molecule has 0 aliphatic rings. The molecule has 2 N–H and O–H groups in total. The molecule has 0 fully saturated rings. The van der Waals surface area contributed by atoms with Gasteiger partial charge in [-0.2, -0.15) is 18.3 Å². The lowest BCUT2D eigenvalue weighted by Gasteiger charge is -2.12. The van der Waals surface area contributed by atoms with Gasteiger partial charge in [0.2, 0.25) is 10.0 Å². The van der Waals surface area contributed by atoms with Crippen LogP contribution in [0.1, 0.15) is 12.5 Å². The third-order valence-corrected chi connectivity index (χ3v) is 6.50. The first kappa shape index (κ1) is 21.3. The molecule has 7 nitrogen and oxygen atoms in total. The molecule has 2 aromatic carbocycles. The van der Waals surface area contributed by atoms with Crippen molar-refractivity contribution >= 4 is 32.0 Å². The number of hydrogen-bond acceptors (Lipinski definition) is 4. The van der Waals surface area contributed by atoms with Gasteiger partial charge in [-0.25, -0.2) is 13.1 Å². The summed E-state index contributed by atoms with van der Waals surface area (Å²) >= 11 is 0. The molecule has 0 bridgehead atoms. The van der Waals surface area contributed by atoms with E-state index in [1.165, 1.54) is 31.2 Å². The minimum absolute atomic E-state index is 0.00984.